The molecule has 23 heavy (non-hydrogen) atoms. The van der Waals surface area contributed by atoms with E-state index in [-0.39, 0.29) is 12.5 Å². The molecule has 2 N–H and O–H groups in total. The Hall–Kier alpha value is -3.15. The highest BCUT2D eigenvalue weighted by Gasteiger charge is 2.03. The Balaban J connectivity index is 1.90. The molecule has 2 rings (SSSR count). The Kier molecular flexibility index (Phi) is 5.46. The number of hydrogen-bond donors (Lipinski definition) is 2. The van der Waals surface area contributed by atoms with E-state index in [1.54, 1.807) is 36.4 Å². The van der Waals surface area contributed by atoms with Crippen LogP contribution in [-0.4, -0.2) is 29.8 Å². The average Bonchev–Trinajstić information content (AvgIpc) is 2.54. The van der Waals surface area contributed by atoms with Crippen LogP contribution in [0.2, 0.25) is 0 Å². The summed E-state index contributed by atoms with van der Waals surface area (Å²) in [4.78, 5) is 22.3. The Morgan fingerprint density at radius 3 is 2.61 bits per heavy atom. The molecule has 2 aromatic carbocycles. The minimum absolute atomic E-state index is 0.286. The predicted molar refractivity (Wildman–Crippen MR) is 85.8 cm³/mol. The third-order valence-corrected chi connectivity index (χ3v) is 2.90. The van der Waals surface area contributed by atoms with E-state index in [0.29, 0.717) is 11.3 Å². The van der Waals surface area contributed by atoms with Crippen molar-refractivity contribution in [3.63, 3.8) is 0 Å². The van der Waals surface area contributed by atoms with Gasteiger partial charge in [-0.1, -0.05) is 17.7 Å². The third-order valence-electron chi connectivity index (χ3n) is 2.90. The minimum Gasteiger partial charge on any atom is -0.482 e. The number of carboxylic acids is 1. The van der Waals surface area contributed by atoms with Crippen molar-refractivity contribution in [3.8, 4) is 5.75 Å². The van der Waals surface area contributed by atoms with Crippen LogP contribution in [0, 0.1) is 6.92 Å². The molecule has 0 unspecified atom stereocenters. The second-order valence-electron chi connectivity index (χ2n) is 4.82. The van der Waals surface area contributed by atoms with Crippen molar-refractivity contribution in [2.45, 2.75) is 6.92 Å². The van der Waals surface area contributed by atoms with E-state index >= 15 is 0 Å². The van der Waals surface area contributed by atoms with Gasteiger partial charge >= 0.3 is 5.97 Å². The van der Waals surface area contributed by atoms with Crippen LogP contribution in [-0.2, 0) is 4.79 Å². The highest BCUT2D eigenvalue weighted by Crippen LogP contribution is 2.10. The van der Waals surface area contributed by atoms with Gasteiger partial charge in [0, 0.05) is 5.56 Å². The van der Waals surface area contributed by atoms with Gasteiger partial charge in [0.2, 0.25) is 0 Å². The third kappa shape index (κ3) is 5.28. The van der Waals surface area contributed by atoms with Crippen LogP contribution in [0.4, 0.5) is 0 Å². The molecule has 118 valence electrons. The summed E-state index contributed by atoms with van der Waals surface area (Å²) in [5, 5.41) is 12.4. The van der Waals surface area contributed by atoms with Crippen molar-refractivity contribution in [2.24, 2.45) is 5.10 Å². The molecule has 0 aromatic heterocycles. The number of carboxylic acid groups (broad SMARTS) is 1. The number of hydrogen-bond acceptors (Lipinski definition) is 4. The molecule has 0 fully saturated rings. The van der Waals surface area contributed by atoms with Crippen LogP contribution >= 0.6 is 0 Å². The van der Waals surface area contributed by atoms with Gasteiger partial charge in [-0.2, -0.15) is 5.10 Å². The first kappa shape index (κ1) is 16.2. The summed E-state index contributed by atoms with van der Waals surface area (Å²) in [5.41, 5.74) is 4.74. The molecule has 2 aromatic rings. The van der Waals surface area contributed by atoms with Crippen LogP contribution in [0.25, 0.3) is 0 Å². The number of aliphatic carboxylic acids is 1. The zero-order valence-corrected chi connectivity index (χ0v) is 12.5. The summed E-state index contributed by atoms with van der Waals surface area (Å²) in [5.74, 6) is -0.866. The topological polar surface area (TPSA) is 88.0 Å². The largest absolute Gasteiger partial charge is 0.482 e. The first-order chi connectivity index (χ1) is 11.0. The summed E-state index contributed by atoms with van der Waals surface area (Å²) in [6, 6.07) is 13.9. The zero-order valence-electron chi connectivity index (χ0n) is 12.5. The summed E-state index contributed by atoms with van der Waals surface area (Å²) in [6.07, 6.45) is 1.49. The number of amides is 1. The fourth-order valence-corrected chi connectivity index (χ4v) is 1.81. The maximum Gasteiger partial charge on any atom is 0.341 e. The van der Waals surface area contributed by atoms with E-state index in [0.717, 1.165) is 11.1 Å². The molecule has 0 bridgehead atoms. The molecule has 0 spiro atoms. The van der Waals surface area contributed by atoms with Gasteiger partial charge in [-0.3, -0.25) is 4.79 Å². The number of hydrazone groups is 1. The standard InChI is InChI=1S/C17H16N2O4/c1-12-3-2-4-14(9-12)17(22)19-18-10-13-5-7-15(8-6-13)23-11-16(20)21/h2-10H,11H2,1H3,(H,19,22)(H,20,21)/b18-10+. The van der Waals surface area contributed by atoms with Crippen LogP contribution in [0.15, 0.2) is 53.6 Å². The molecule has 0 heterocycles. The Labute approximate surface area is 133 Å². The lowest BCUT2D eigenvalue weighted by Gasteiger charge is -2.03. The number of carbonyl (C=O) groups is 2. The molecule has 0 atom stereocenters. The molecular weight excluding hydrogens is 296 g/mol. The zero-order chi connectivity index (χ0) is 16.7. The molecule has 0 radical (unpaired) electrons. The van der Waals surface area contributed by atoms with Gasteiger partial charge in [0.15, 0.2) is 6.61 Å². The fourth-order valence-electron chi connectivity index (χ4n) is 1.81. The van der Waals surface area contributed by atoms with E-state index in [2.05, 4.69) is 10.5 Å². The smallest absolute Gasteiger partial charge is 0.341 e. The molecule has 1 amide bonds. The Morgan fingerprint density at radius 2 is 1.96 bits per heavy atom. The summed E-state index contributed by atoms with van der Waals surface area (Å²) >= 11 is 0. The number of rotatable bonds is 6. The first-order valence-electron chi connectivity index (χ1n) is 6.89. The maximum absolute atomic E-state index is 11.9. The van der Waals surface area contributed by atoms with Crippen molar-refractivity contribution in [1.82, 2.24) is 5.43 Å². The van der Waals surface area contributed by atoms with E-state index < -0.39 is 5.97 Å². The number of ether oxygens (including phenoxy) is 1. The SMILES string of the molecule is Cc1cccc(C(=O)N/N=C/c2ccc(OCC(=O)O)cc2)c1. The van der Waals surface area contributed by atoms with Crippen molar-refractivity contribution >= 4 is 18.1 Å². The minimum atomic E-state index is -1.03. The van der Waals surface area contributed by atoms with Crippen LogP contribution in [0.1, 0.15) is 21.5 Å². The van der Waals surface area contributed by atoms with E-state index in [9.17, 15) is 9.59 Å². The van der Waals surface area contributed by atoms with E-state index in [1.807, 2.05) is 19.1 Å². The van der Waals surface area contributed by atoms with Gasteiger partial charge < -0.3 is 9.84 Å². The van der Waals surface area contributed by atoms with Crippen LogP contribution in [0.3, 0.4) is 0 Å². The molecule has 6 nitrogen and oxygen atoms in total. The summed E-state index contributed by atoms with van der Waals surface area (Å²) in [6.45, 7) is 1.52. The molecule has 0 aliphatic carbocycles. The molecule has 6 heteroatoms. The van der Waals surface area contributed by atoms with Crippen LogP contribution < -0.4 is 10.2 Å². The fraction of sp³-hybridized carbons (Fsp3) is 0.118. The molecule has 0 aliphatic heterocycles. The lowest BCUT2D eigenvalue weighted by molar-refractivity contribution is -0.139. The van der Waals surface area contributed by atoms with Gasteiger partial charge in [-0.25, -0.2) is 10.2 Å². The highest BCUT2D eigenvalue weighted by atomic mass is 16.5. The summed E-state index contributed by atoms with van der Waals surface area (Å²) in [7, 11) is 0. The first-order valence-corrected chi connectivity index (χ1v) is 6.89. The lowest BCUT2D eigenvalue weighted by Crippen LogP contribution is -2.17. The summed E-state index contributed by atoms with van der Waals surface area (Å²) < 4.78 is 5.02. The number of benzene rings is 2. The van der Waals surface area contributed by atoms with E-state index in [1.165, 1.54) is 6.21 Å². The second kappa shape index (κ2) is 7.74. The highest BCUT2D eigenvalue weighted by molar-refractivity contribution is 5.95. The van der Waals surface area contributed by atoms with Gasteiger partial charge in [0.1, 0.15) is 5.75 Å². The molecule has 0 saturated carbocycles. The van der Waals surface area contributed by atoms with Crippen molar-refractivity contribution < 1.29 is 19.4 Å². The number of nitrogens with zero attached hydrogens (tertiary/aromatic N) is 1. The number of nitrogens with one attached hydrogen (secondary N) is 1. The molecule has 0 saturated heterocycles. The molecular formula is C17H16N2O4. The van der Waals surface area contributed by atoms with Gasteiger partial charge in [-0.15, -0.1) is 0 Å². The number of aryl methyl sites for hydroxylation is 1. The van der Waals surface area contributed by atoms with Gasteiger partial charge in [-0.05, 0) is 48.9 Å². The average molecular weight is 312 g/mol. The van der Waals surface area contributed by atoms with Crippen molar-refractivity contribution in [1.29, 1.82) is 0 Å². The van der Waals surface area contributed by atoms with Crippen molar-refractivity contribution in [2.75, 3.05) is 6.61 Å². The lowest BCUT2D eigenvalue weighted by atomic mass is 10.1. The maximum atomic E-state index is 11.9. The molecule has 0 aliphatic rings. The second-order valence-corrected chi connectivity index (χ2v) is 4.82. The quantitative estimate of drug-likeness (QED) is 0.632. The van der Waals surface area contributed by atoms with Crippen molar-refractivity contribution in [3.05, 3.63) is 65.2 Å². The normalized spacial score (nSPS) is 10.5. The van der Waals surface area contributed by atoms with E-state index in [4.69, 9.17) is 9.84 Å². The van der Waals surface area contributed by atoms with Crippen LogP contribution in [0.5, 0.6) is 5.75 Å². The Morgan fingerprint density at radius 1 is 1.22 bits per heavy atom. The monoisotopic (exact) mass is 312 g/mol. The Bertz CT molecular complexity index is 724. The predicted octanol–water partition coefficient (Wildman–Crippen LogP) is 2.22. The number of carbonyl (C=O) groups excluding carboxylic acids is 1. The van der Waals surface area contributed by atoms with Gasteiger partial charge in [0.05, 0.1) is 6.21 Å². The van der Waals surface area contributed by atoms with Gasteiger partial charge in [0.25, 0.3) is 5.91 Å².